The summed E-state index contributed by atoms with van der Waals surface area (Å²) in [5.74, 6) is -0.121. The van der Waals surface area contributed by atoms with Crippen LogP contribution in [0.2, 0.25) is 0 Å². The Morgan fingerprint density at radius 3 is 2.48 bits per heavy atom. The minimum atomic E-state index is -4.43. The van der Waals surface area contributed by atoms with Gasteiger partial charge in [-0.2, -0.15) is 13.2 Å². The van der Waals surface area contributed by atoms with Crippen LogP contribution in [0.4, 0.5) is 13.2 Å². The summed E-state index contributed by atoms with van der Waals surface area (Å²) in [5.41, 5.74) is -0.522. The highest BCUT2D eigenvalue weighted by Crippen LogP contribution is 2.29. The van der Waals surface area contributed by atoms with Gasteiger partial charge in [-0.1, -0.05) is 32.0 Å². The quantitative estimate of drug-likeness (QED) is 0.808. The fourth-order valence-electron chi connectivity index (χ4n) is 1.61. The molecular weight excluding hydrogens is 305 g/mol. The van der Waals surface area contributed by atoms with E-state index in [0.29, 0.717) is 0 Å². The summed E-state index contributed by atoms with van der Waals surface area (Å²) >= 11 is 0. The molecule has 120 valence electrons. The Morgan fingerprint density at radius 1 is 1.24 bits per heavy atom. The molecule has 0 aliphatic carbocycles. The molecule has 0 saturated heterocycles. The number of benzene rings is 1. The highest BCUT2D eigenvalue weighted by Gasteiger charge is 2.30. The first-order chi connectivity index (χ1) is 9.60. The summed E-state index contributed by atoms with van der Waals surface area (Å²) < 4.78 is 63.3. The normalized spacial score (nSPS) is 12.9. The Morgan fingerprint density at radius 2 is 1.90 bits per heavy atom. The molecule has 4 nitrogen and oxygen atoms in total. The van der Waals surface area contributed by atoms with Crippen molar-refractivity contribution >= 4 is 10.0 Å². The van der Waals surface area contributed by atoms with E-state index in [1.165, 1.54) is 12.1 Å². The molecule has 0 spiro atoms. The molecule has 0 radical (unpaired) electrons. The third-order valence-corrected chi connectivity index (χ3v) is 4.00. The van der Waals surface area contributed by atoms with Crippen molar-refractivity contribution < 1.29 is 21.6 Å². The Labute approximate surface area is 122 Å². The van der Waals surface area contributed by atoms with Gasteiger partial charge in [-0.05, 0) is 11.6 Å². The van der Waals surface area contributed by atoms with E-state index in [9.17, 15) is 21.6 Å². The van der Waals surface area contributed by atoms with Gasteiger partial charge in [0.25, 0.3) is 0 Å². The summed E-state index contributed by atoms with van der Waals surface area (Å²) in [6.07, 6.45) is -4.43. The number of alkyl halides is 3. The van der Waals surface area contributed by atoms with Crippen LogP contribution in [0.25, 0.3) is 0 Å². The van der Waals surface area contributed by atoms with E-state index in [4.69, 9.17) is 0 Å². The van der Waals surface area contributed by atoms with Crippen LogP contribution in [-0.4, -0.2) is 26.8 Å². The maximum Gasteiger partial charge on any atom is 0.416 e. The predicted molar refractivity (Wildman–Crippen MR) is 75.2 cm³/mol. The summed E-state index contributed by atoms with van der Waals surface area (Å²) in [5, 5.41) is 2.96. The summed E-state index contributed by atoms with van der Waals surface area (Å²) in [6.45, 7) is 3.91. The van der Waals surface area contributed by atoms with Crippen molar-refractivity contribution in [1.29, 1.82) is 0 Å². The van der Waals surface area contributed by atoms with E-state index in [2.05, 4.69) is 10.0 Å². The first-order valence-corrected chi connectivity index (χ1v) is 8.12. The molecule has 0 bridgehead atoms. The Kier molecular flexibility index (Phi) is 6.18. The zero-order valence-electron chi connectivity index (χ0n) is 11.9. The van der Waals surface area contributed by atoms with Crippen LogP contribution >= 0.6 is 0 Å². The van der Waals surface area contributed by atoms with Gasteiger partial charge >= 0.3 is 6.18 Å². The van der Waals surface area contributed by atoms with Crippen LogP contribution in [-0.2, 0) is 22.7 Å². The van der Waals surface area contributed by atoms with E-state index in [1.807, 2.05) is 13.8 Å². The maximum absolute atomic E-state index is 12.5. The van der Waals surface area contributed by atoms with Gasteiger partial charge in [0, 0.05) is 19.1 Å². The van der Waals surface area contributed by atoms with Gasteiger partial charge in [0.1, 0.15) is 0 Å². The van der Waals surface area contributed by atoms with Crippen molar-refractivity contribution in [2.75, 3.05) is 12.3 Å². The van der Waals surface area contributed by atoms with Crippen LogP contribution < -0.4 is 10.0 Å². The van der Waals surface area contributed by atoms with Gasteiger partial charge < -0.3 is 5.32 Å². The molecule has 0 fully saturated rings. The van der Waals surface area contributed by atoms with Gasteiger partial charge in [0.05, 0.1) is 11.3 Å². The van der Waals surface area contributed by atoms with Gasteiger partial charge in [-0.25, -0.2) is 13.1 Å². The molecular formula is C13H19F3N2O2S. The van der Waals surface area contributed by atoms with E-state index < -0.39 is 21.8 Å². The standard InChI is InChI=1S/C13H19F3N2O2S/c1-10(2)17-6-7-21(19,20)18-9-11-4-3-5-12(8-11)13(14,15)16/h3-5,8,10,17-18H,6-7,9H2,1-2H3. The van der Waals surface area contributed by atoms with E-state index in [-0.39, 0.29) is 30.4 Å². The van der Waals surface area contributed by atoms with Crippen molar-refractivity contribution in [2.24, 2.45) is 0 Å². The Balaban J connectivity index is 2.58. The largest absolute Gasteiger partial charge is 0.416 e. The minimum Gasteiger partial charge on any atom is -0.313 e. The van der Waals surface area contributed by atoms with Crippen LogP contribution in [0.5, 0.6) is 0 Å². The highest BCUT2D eigenvalue weighted by atomic mass is 32.2. The van der Waals surface area contributed by atoms with Crippen molar-refractivity contribution in [1.82, 2.24) is 10.0 Å². The van der Waals surface area contributed by atoms with E-state index >= 15 is 0 Å². The highest BCUT2D eigenvalue weighted by molar-refractivity contribution is 7.89. The lowest BCUT2D eigenvalue weighted by atomic mass is 10.1. The Bertz CT molecular complexity index is 557. The average Bonchev–Trinajstić information content (AvgIpc) is 2.35. The minimum absolute atomic E-state index is 0.121. The van der Waals surface area contributed by atoms with E-state index in [0.717, 1.165) is 12.1 Å². The SMILES string of the molecule is CC(C)NCCS(=O)(=O)NCc1cccc(C(F)(F)F)c1. The third kappa shape index (κ3) is 6.92. The molecule has 1 aromatic rings. The van der Waals surface area contributed by atoms with Crippen LogP contribution in [0.15, 0.2) is 24.3 Å². The molecule has 0 heterocycles. The lowest BCUT2D eigenvalue weighted by molar-refractivity contribution is -0.137. The van der Waals surface area contributed by atoms with Gasteiger partial charge in [-0.15, -0.1) is 0 Å². The van der Waals surface area contributed by atoms with Crippen molar-refractivity contribution in [3.8, 4) is 0 Å². The number of halogens is 3. The number of hydrogen-bond acceptors (Lipinski definition) is 3. The maximum atomic E-state index is 12.5. The van der Waals surface area contributed by atoms with Crippen LogP contribution in [0.1, 0.15) is 25.0 Å². The predicted octanol–water partition coefficient (Wildman–Crippen LogP) is 2.12. The number of sulfonamides is 1. The Hall–Kier alpha value is -1.12. The van der Waals surface area contributed by atoms with Crippen molar-refractivity contribution in [2.45, 2.75) is 32.6 Å². The lowest BCUT2D eigenvalue weighted by Crippen LogP contribution is -2.34. The molecule has 1 rings (SSSR count). The van der Waals surface area contributed by atoms with Crippen LogP contribution in [0.3, 0.4) is 0 Å². The molecule has 0 aromatic heterocycles. The molecule has 21 heavy (non-hydrogen) atoms. The monoisotopic (exact) mass is 324 g/mol. The van der Waals surface area contributed by atoms with Gasteiger partial charge in [0.15, 0.2) is 0 Å². The molecule has 0 amide bonds. The first kappa shape index (κ1) is 17.9. The van der Waals surface area contributed by atoms with Crippen molar-refractivity contribution in [3.63, 3.8) is 0 Å². The lowest BCUT2D eigenvalue weighted by Gasteiger charge is -2.11. The smallest absolute Gasteiger partial charge is 0.313 e. The molecule has 0 unspecified atom stereocenters. The summed E-state index contributed by atoms with van der Waals surface area (Å²) in [7, 11) is -3.52. The fourth-order valence-corrected chi connectivity index (χ4v) is 2.52. The second-order valence-corrected chi connectivity index (χ2v) is 6.87. The number of rotatable bonds is 7. The fraction of sp³-hybridized carbons (Fsp3) is 0.538. The van der Waals surface area contributed by atoms with Gasteiger partial charge in [-0.3, -0.25) is 0 Å². The molecule has 0 atom stereocenters. The zero-order chi connectivity index (χ0) is 16.1. The molecule has 0 aliphatic heterocycles. The molecule has 8 heteroatoms. The first-order valence-electron chi connectivity index (χ1n) is 6.47. The number of nitrogens with one attached hydrogen (secondary N) is 2. The van der Waals surface area contributed by atoms with Crippen molar-refractivity contribution in [3.05, 3.63) is 35.4 Å². The second kappa shape index (κ2) is 7.24. The number of hydrogen-bond donors (Lipinski definition) is 2. The average molecular weight is 324 g/mol. The van der Waals surface area contributed by atoms with Crippen LogP contribution in [0, 0.1) is 0 Å². The molecule has 1 aromatic carbocycles. The molecule has 0 saturated carbocycles. The summed E-state index contributed by atoms with van der Waals surface area (Å²) in [6, 6.07) is 4.76. The second-order valence-electron chi connectivity index (χ2n) is 4.95. The molecule has 0 aliphatic rings. The van der Waals surface area contributed by atoms with Gasteiger partial charge in [0.2, 0.25) is 10.0 Å². The molecule has 2 N–H and O–H groups in total. The van der Waals surface area contributed by atoms with E-state index in [1.54, 1.807) is 0 Å². The zero-order valence-corrected chi connectivity index (χ0v) is 12.7. The summed E-state index contributed by atoms with van der Waals surface area (Å²) in [4.78, 5) is 0. The topological polar surface area (TPSA) is 58.2 Å². The third-order valence-electron chi connectivity index (χ3n) is 2.67.